The molecule has 0 radical (unpaired) electrons. The molecule has 0 bridgehead atoms. The second kappa shape index (κ2) is 15.1. The first kappa shape index (κ1) is 32.0. The highest BCUT2D eigenvalue weighted by Crippen LogP contribution is 2.43. The molecule has 1 aliphatic rings. The molecule has 234 valence electrons. The van der Waals surface area contributed by atoms with E-state index in [9.17, 15) is 4.79 Å². The summed E-state index contributed by atoms with van der Waals surface area (Å²) in [5.74, 6) is 1.90. The number of methoxy groups -OCH3 is 2. The van der Waals surface area contributed by atoms with E-state index in [-0.39, 0.29) is 18.9 Å². The SMILES string of the molecule is COc1ccc(CNNC(=O)[C@@]2(Cc3ccccc3Br)N=C(c3ccc(OCCCO)cc3)O[C@H]2c2ccccc2)cc1OC. The summed E-state index contributed by atoms with van der Waals surface area (Å²) >= 11 is 3.67. The fourth-order valence-corrected chi connectivity index (χ4v) is 5.59. The van der Waals surface area contributed by atoms with Gasteiger partial charge in [-0.25, -0.2) is 10.4 Å². The van der Waals surface area contributed by atoms with Crippen molar-refractivity contribution in [1.82, 2.24) is 10.9 Å². The van der Waals surface area contributed by atoms with Gasteiger partial charge in [0.1, 0.15) is 5.75 Å². The van der Waals surface area contributed by atoms with Crippen LogP contribution in [0.25, 0.3) is 0 Å². The van der Waals surface area contributed by atoms with Crippen molar-refractivity contribution in [2.75, 3.05) is 27.4 Å². The van der Waals surface area contributed by atoms with Crippen molar-refractivity contribution >= 4 is 27.7 Å². The standard InChI is InChI=1S/C35H36BrN3O6/c1-42-30-18-13-24(21-31(30)43-2)23-37-39-34(41)35(22-27-11-6-7-12-29(27)36)32(25-9-4-3-5-10-25)45-33(38-35)26-14-16-28(17-15-26)44-20-8-19-40/h3-7,9-18,21,32,37,40H,8,19-20,22-23H2,1-2H3,(H,39,41)/t32-,35-/m0/s1. The molecular weight excluding hydrogens is 638 g/mol. The van der Waals surface area contributed by atoms with Crippen molar-refractivity contribution in [3.8, 4) is 17.2 Å². The maximum Gasteiger partial charge on any atom is 0.266 e. The van der Waals surface area contributed by atoms with E-state index in [4.69, 9.17) is 29.0 Å². The molecular formula is C35H36BrN3O6. The number of ether oxygens (including phenoxy) is 4. The van der Waals surface area contributed by atoms with Crippen LogP contribution in [0.5, 0.6) is 17.2 Å². The highest BCUT2D eigenvalue weighted by molar-refractivity contribution is 9.10. The number of hydrazine groups is 1. The topological polar surface area (TPSA) is 111 Å². The van der Waals surface area contributed by atoms with Crippen molar-refractivity contribution in [3.05, 3.63) is 124 Å². The summed E-state index contributed by atoms with van der Waals surface area (Å²) in [6.07, 6.45) is 0.0939. The maximum atomic E-state index is 14.4. The Hall–Kier alpha value is -4.38. The second-order valence-electron chi connectivity index (χ2n) is 10.5. The number of hydrogen-bond acceptors (Lipinski definition) is 8. The Balaban J connectivity index is 1.48. The van der Waals surface area contributed by atoms with E-state index in [0.717, 1.165) is 21.2 Å². The smallest absolute Gasteiger partial charge is 0.266 e. The van der Waals surface area contributed by atoms with Gasteiger partial charge in [-0.15, -0.1) is 0 Å². The Kier molecular flexibility index (Phi) is 10.7. The first-order valence-electron chi connectivity index (χ1n) is 14.6. The number of aliphatic imine (C=N–C) groups is 1. The van der Waals surface area contributed by atoms with E-state index in [1.54, 1.807) is 14.2 Å². The Bertz CT molecular complexity index is 1620. The second-order valence-corrected chi connectivity index (χ2v) is 11.3. The third-order valence-electron chi connectivity index (χ3n) is 7.49. The van der Waals surface area contributed by atoms with Crippen LogP contribution in [0.3, 0.4) is 0 Å². The molecule has 0 fully saturated rings. The van der Waals surface area contributed by atoms with E-state index in [0.29, 0.717) is 48.3 Å². The average Bonchev–Trinajstić information content (AvgIpc) is 3.47. The molecule has 9 nitrogen and oxygen atoms in total. The fraction of sp³-hybridized carbons (Fsp3) is 0.257. The maximum absolute atomic E-state index is 14.4. The lowest BCUT2D eigenvalue weighted by Crippen LogP contribution is -2.53. The zero-order valence-corrected chi connectivity index (χ0v) is 26.8. The normalized spacial score (nSPS) is 17.2. The molecule has 0 spiro atoms. The summed E-state index contributed by atoms with van der Waals surface area (Å²) in [4.78, 5) is 19.5. The molecule has 0 unspecified atom stereocenters. The largest absolute Gasteiger partial charge is 0.494 e. The molecule has 45 heavy (non-hydrogen) atoms. The predicted molar refractivity (Wildman–Crippen MR) is 176 cm³/mol. The number of carbonyl (C=O) groups is 1. The average molecular weight is 675 g/mol. The lowest BCUT2D eigenvalue weighted by Gasteiger charge is -2.31. The van der Waals surface area contributed by atoms with Crippen molar-refractivity contribution < 1.29 is 28.8 Å². The molecule has 2 atom stereocenters. The fourth-order valence-electron chi connectivity index (χ4n) is 5.17. The van der Waals surface area contributed by atoms with Crippen LogP contribution in [0.15, 0.2) is 107 Å². The van der Waals surface area contributed by atoms with Gasteiger partial charge in [-0.05, 0) is 59.2 Å². The van der Waals surface area contributed by atoms with Crippen molar-refractivity contribution in [3.63, 3.8) is 0 Å². The zero-order valence-electron chi connectivity index (χ0n) is 25.2. The van der Waals surface area contributed by atoms with Crippen LogP contribution in [0, 0.1) is 0 Å². The minimum atomic E-state index is -1.36. The molecule has 5 rings (SSSR count). The van der Waals surface area contributed by atoms with Gasteiger partial charge in [-0.2, -0.15) is 0 Å². The number of nitrogens with zero attached hydrogens (tertiary/aromatic N) is 1. The number of nitrogens with one attached hydrogen (secondary N) is 2. The zero-order chi connectivity index (χ0) is 31.6. The molecule has 4 aromatic rings. The van der Waals surface area contributed by atoms with Crippen LogP contribution < -0.4 is 25.1 Å². The summed E-state index contributed by atoms with van der Waals surface area (Å²) in [6, 6.07) is 30.4. The monoisotopic (exact) mass is 673 g/mol. The molecule has 1 amide bonds. The third kappa shape index (κ3) is 7.47. The van der Waals surface area contributed by atoms with Gasteiger partial charge in [0.2, 0.25) is 5.90 Å². The molecule has 0 aliphatic carbocycles. The summed E-state index contributed by atoms with van der Waals surface area (Å²) < 4.78 is 23.9. The highest BCUT2D eigenvalue weighted by atomic mass is 79.9. The van der Waals surface area contributed by atoms with Gasteiger partial charge < -0.3 is 24.1 Å². The van der Waals surface area contributed by atoms with E-state index in [2.05, 4.69) is 26.8 Å². The summed E-state index contributed by atoms with van der Waals surface area (Å²) in [5.41, 5.74) is 7.99. The van der Waals surface area contributed by atoms with E-state index in [1.807, 2.05) is 97.1 Å². The van der Waals surface area contributed by atoms with Crippen molar-refractivity contribution in [1.29, 1.82) is 0 Å². The van der Waals surface area contributed by atoms with Gasteiger partial charge in [0, 0.05) is 36.0 Å². The summed E-state index contributed by atoms with van der Waals surface area (Å²) in [5, 5.41) is 9.06. The Morgan fingerprint density at radius 2 is 1.69 bits per heavy atom. The molecule has 3 N–H and O–H groups in total. The number of amides is 1. The molecule has 0 saturated carbocycles. The number of halogens is 1. The third-order valence-corrected chi connectivity index (χ3v) is 8.27. The van der Waals surface area contributed by atoms with Gasteiger partial charge in [0.15, 0.2) is 23.1 Å². The van der Waals surface area contributed by atoms with Crippen LogP contribution in [0.4, 0.5) is 0 Å². The van der Waals surface area contributed by atoms with Crippen LogP contribution in [-0.4, -0.2) is 49.9 Å². The Morgan fingerprint density at radius 1 is 0.956 bits per heavy atom. The van der Waals surface area contributed by atoms with Crippen LogP contribution >= 0.6 is 15.9 Å². The minimum Gasteiger partial charge on any atom is -0.494 e. The van der Waals surface area contributed by atoms with Crippen LogP contribution in [0.1, 0.15) is 34.8 Å². The van der Waals surface area contributed by atoms with Gasteiger partial charge >= 0.3 is 0 Å². The first-order chi connectivity index (χ1) is 22.0. The van der Waals surface area contributed by atoms with Gasteiger partial charge in [-0.1, -0.05) is 70.5 Å². The number of benzene rings is 4. The first-order valence-corrected chi connectivity index (χ1v) is 15.4. The number of aliphatic hydroxyl groups is 1. The highest BCUT2D eigenvalue weighted by Gasteiger charge is 2.53. The molecule has 0 saturated heterocycles. The number of aliphatic hydroxyl groups excluding tert-OH is 1. The van der Waals surface area contributed by atoms with Crippen LogP contribution in [-0.2, 0) is 22.5 Å². The predicted octanol–water partition coefficient (Wildman–Crippen LogP) is 5.55. The van der Waals surface area contributed by atoms with Gasteiger partial charge in [0.05, 0.1) is 20.8 Å². The lowest BCUT2D eigenvalue weighted by atomic mass is 9.82. The van der Waals surface area contributed by atoms with E-state index < -0.39 is 11.6 Å². The lowest BCUT2D eigenvalue weighted by molar-refractivity contribution is -0.130. The number of hydrogen-bond donors (Lipinski definition) is 3. The summed E-state index contributed by atoms with van der Waals surface area (Å²) in [7, 11) is 3.17. The number of carbonyl (C=O) groups excluding carboxylic acids is 1. The quantitative estimate of drug-likeness (QED) is 0.119. The molecule has 1 heterocycles. The van der Waals surface area contributed by atoms with Crippen molar-refractivity contribution in [2.24, 2.45) is 4.99 Å². The minimum absolute atomic E-state index is 0.0639. The summed E-state index contributed by atoms with van der Waals surface area (Å²) in [6.45, 7) is 0.811. The van der Waals surface area contributed by atoms with Gasteiger partial charge in [-0.3, -0.25) is 10.2 Å². The Labute approximate surface area is 271 Å². The van der Waals surface area contributed by atoms with E-state index in [1.165, 1.54) is 0 Å². The Morgan fingerprint density at radius 3 is 2.40 bits per heavy atom. The number of rotatable bonds is 14. The molecule has 0 aromatic heterocycles. The van der Waals surface area contributed by atoms with E-state index >= 15 is 0 Å². The van der Waals surface area contributed by atoms with Crippen LogP contribution in [0.2, 0.25) is 0 Å². The van der Waals surface area contributed by atoms with Gasteiger partial charge in [0.25, 0.3) is 5.91 Å². The van der Waals surface area contributed by atoms with Crippen molar-refractivity contribution in [2.45, 2.75) is 31.0 Å². The molecule has 4 aromatic carbocycles. The molecule has 10 heteroatoms. The molecule has 1 aliphatic heterocycles.